The van der Waals surface area contributed by atoms with Gasteiger partial charge in [0.05, 0.1) is 40.9 Å². The highest BCUT2D eigenvalue weighted by Gasteiger charge is 2.37. The fraction of sp³-hybridized carbons (Fsp3) is 0.269. The van der Waals surface area contributed by atoms with E-state index in [4.69, 9.17) is 21.1 Å². The summed E-state index contributed by atoms with van der Waals surface area (Å²) in [7, 11) is -3.36. The van der Waals surface area contributed by atoms with Crippen LogP contribution in [-0.4, -0.2) is 40.8 Å². The van der Waals surface area contributed by atoms with Gasteiger partial charge in [-0.15, -0.1) is 0 Å². The molecule has 0 bridgehead atoms. The zero-order valence-electron chi connectivity index (χ0n) is 20.4. The number of sulfonamides is 1. The lowest BCUT2D eigenvalue weighted by atomic mass is 10.0. The molecule has 0 spiro atoms. The Balaban J connectivity index is 1.70. The topological polar surface area (TPSA) is 82.1 Å². The van der Waals surface area contributed by atoms with Gasteiger partial charge < -0.3 is 14.2 Å². The molecular formula is C26H22ClF4NO6S. The Hall–Kier alpha value is -3.35. The molecule has 0 radical (unpaired) electrons. The summed E-state index contributed by atoms with van der Waals surface area (Å²) in [5.41, 5.74) is -0.412. The van der Waals surface area contributed by atoms with Gasteiger partial charge in [0.25, 0.3) is 10.0 Å². The molecule has 0 saturated heterocycles. The number of benzene rings is 3. The van der Waals surface area contributed by atoms with Crippen LogP contribution in [0.4, 0.5) is 23.2 Å². The predicted molar refractivity (Wildman–Crippen MR) is 134 cm³/mol. The number of carbonyl (C=O) groups excluding carboxylic acids is 1. The van der Waals surface area contributed by atoms with Crippen LogP contribution in [0.1, 0.15) is 16.7 Å². The molecule has 4 rings (SSSR count). The molecule has 0 N–H and O–H groups in total. The first-order valence-electron chi connectivity index (χ1n) is 11.5. The first-order valence-corrected chi connectivity index (χ1v) is 13.3. The van der Waals surface area contributed by atoms with E-state index >= 15 is 0 Å². The number of anilines is 1. The van der Waals surface area contributed by atoms with Crippen LogP contribution in [0.15, 0.2) is 65.6 Å². The minimum absolute atomic E-state index is 0.0987. The second-order valence-electron chi connectivity index (χ2n) is 8.55. The molecule has 1 heterocycles. The highest BCUT2D eigenvalue weighted by Crippen LogP contribution is 2.37. The summed E-state index contributed by atoms with van der Waals surface area (Å²) in [5.74, 6) is -1.09. The van der Waals surface area contributed by atoms with E-state index in [1.165, 1.54) is 37.4 Å². The van der Waals surface area contributed by atoms with Gasteiger partial charge in [-0.25, -0.2) is 17.6 Å². The van der Waals surface area contributed by atoms with Crippen molar-refractivity contribution in [3.63, 3.8) is 0 Å². The molecule has 1 aliphatic heterocycles. The lowest BCUT2D eigenvalue weighted by Crippen LogP contribution is -2.44. The number of halogens is 5. The monoisotopic (exact) mass is 587 g/mol. The van der Waals surface area contributed by atoms with Crippen LogP contribution in [0.3, 0.4) is 0 Å². The SMILES string of the molecule is COC(=O)CO[C@@H]1Cc2ccc(OCc3c(F)cccc3Cl)cc2N(S(=O)(=O)c2cccc(C(F)(F)F)c2)C1. The molecule has 13 heteroatoms. The van der Waals surface area contributed by atoms with Gasteiger partial charge in [-0.3, -0.25) is 4.31 Å². The van der Waals surface area contributed by atoms with E-state index in [1.54, 1.807) is 6.07 Å². The maximum absolute atomic E-state index is 14.2. The lowest BCUT2D eigenvalue weighted by Gasteiger charge is -2.35. The summed E-state index contributed by atoms with van der Waals surface area (Å²) >= 11 is 6.05. The van der Waals surface area contributed by atoms with E-state index in [1.807, 2.05) is 0 Å². The standard InChI is InChI=1S/C26H22ClF4NO6S/c1-36-25(33)15-38-19-10-16-8-9-18(37-14-21-22(27)6-3-7-23(21)28)12-24(16)32(13-19)39(34,35)20-5-2-4-17(11-20)26(29,30)31/h2-9,11-12,19H,10,13-15H2,1H3/t19-/m1/s1. The summed E-state index contributed by atoms with van der Waals surface area (Å²) in [6, 6.07) is 12.0. The molecule has 3 aromatic rings. The number of carbonyl (C=O) groups is 1. The van der Waals surface area contributed by atoms with Crippen molar-refractivity contribution in [1.82, 2.24) is 0 Å². The Morgan fingerprint density at radius 2 is 1.85 bits per heavy atom. The molecule has 0 aliphatic carbocycles. The van der Waals surface area contributed by atoms with Gasteiger partial charge in [-0.05, 0) is 42.0 Å². The number of methoxy groups -OCH3 is 1. The van der Waals surface area contributed by atoms with Crippen LogP contribution in [-0.2, 0) is 43.5 Å². The van der Waals surface area contributed by atoms with Crippen LogP contribution in [0.2, 0.25) is 5.02 Å². The third kappa shape index (κ3) is 6.45. The molecule has 0 unspecified atom stereocenters. The smallest absolute Gasteiger partial charge is 0.416 e. The maximum atomic E-state index is 14.2. The summed E-state index contributed by atoms with van der Waals surface area (Å²) in [6.45, 7) is -1.00. The minimum atomic E-state index is -4.76. The molecule has 3 aromatic carbocycles. The molecule has 0 saturated carbocycles. The van der Waals surface area contributed by atoms with E-state index in [2.05, 4.69) is 4.74 Å². The van der Waals surface area contributed by atoms with E-state index in [0.717, 1.165) is 22.5 Å². The fourth-order valence-corrected chi connectivity index (χ4v) is 5.79. The normalized spacial score (nSPS) is 15.5. The van der Waals surface area contributed by atoms with Gasteiger partial charge >= 0.3 is 12.1 Å². The summed E-state index contributed by atoms with van der Waals surface area (Å²) in [6.07, 6.45) is -5.37. The van der Waals surface area contributed by atoms with E-state index in [0.29, 0.717) is 11.6 Å². The second kappa shape index (κ2) is 11.4. The quantitative estimate of drug-likeness (QED) is 0.260. The number of rotatable bonds is 8. The highest BCUT2D eigenvalue weighted by atomic mass is 35.5. The predicted octanol–water partition coefficient (Wildman–Crippen LogP) is 5.39. The van der Waals surface area contributed by atoms with Crippen molar-refractivity contribution in [2.24, 2.45) is 0 Å². The molecule has 0 fully saturated rings. The van der Waals surface area contributed by atoms with Gasteiger partial charge in [0.2, 0.25) is 0 Å². The van der Waals surface area contributed by atoms with E-state index in [9.17, 15) is 30.8 Å². The lowest BCUT2D eigenvalue weighted by molar-refractivity contribution is -0.147. The third-order valence-electron chi connectivity index (χ3n) is 6.00. The van der Waals surface area contributed by atoms with Crippen molar-refractivity contribution in [3.05, 3.63) is 88.2 Å². The number of ether oxygens (including phenoxy) is 3. The van der Waals surface area contributed by atoms with Crippen LogP contribution < -0.4 is 9.04 Å². The molecule has 1 atom stereocenters. The zero-order chi connectivity index (χ0) is 28.4. The van der Waals surface area contributed by atoms with Gasteiger partial charge in [0.15, 0.2) is 0 Å². The molecule has 1 aliphatic rings. The number of hydrogen-bond acceptors (Lipinski definition) is 6. The second-order valence-corrected chi connectivity index (χ2v) is 10.8. The number of alkyl halides is 3. The van der Waals surface area contributed by atoms with Crippen molar-refractivity contribution in [3.8, 4) is 5.75 Å². The van der Waals surface area contributed by atoms with Crippen LogP contribution in [0.25, 0.3) is 0 Å². The molecule has 0 amide bonds. The molecule has 39 heavy (non-hydrogen) atoms. The molecular weight excluding hydrogens is 566 g/mol. The van der Waals surface area contributed by atoms with Gasteiger partial charge in [-0.2, -0.15) is 13.2 Å². The molecule has 0 aromatic heterocycles. The van der Waals surface area contributed by atoms with Crippen LogP contribution >= 0.6 is 11.6 Å². The van der Waals surface area contributed by atoms with Crippen molar-refractivity contribution in [2.75, 3.05) is 24.6 Å². The largest absolute Gasteiger partial charge is 0.489 e. The van der Waals surface area contributed by atoms with Gasteiger partial charge in [0, 0.05) is 18.1 Å². The van der Waals surface area contributed by atoms with Gasteiger partial charge in [0.1, 0.15) is 24.8 Å². The summed E-state index contributed by atoms with van der Waals surface area (Å²) in [4.78, 5) is 11.0. The number of esters is 1. The van der Waals surface area contributed by atoms with Crippen molar-refractivity contribution < 1.29 is 45.0 Å². The van der Waals surface area contributed by atoms with E-state index < -0.39 is 51.2 Å². The summed E-state index contributed by atoms with van der Waals surface area (Å²) in [5, 5.41) is 0.146. The number of fused-ring (bicyclic) bond motifs is 1. The average molecular weight is 588 g/mol. The van der Waals surface area contributed by atoms with Crippen LogP contribution in [0.5, 0.6) is 5.75 Å². The Kier molecular flexibility index (Phi) is 8.38. The summed E-state index contributed by atoms with van der Waals surface area (Å²) < 4.78 is 98.1. The molecule has 7 nitrogen and oxygen atoms in total. The first-order chi connectivity index (χ1) is 18.4. The number of nitrogens with zero attached hydrogens (tertiary/aromatic N) is 1. The maximum Gasteiger partial charge on any atom is 0.416 e. The van der Waals surface area contributed by atoms with Gasteiger partial charge in [-0.1, -0.05) is 29.8 Å². The average Bonchev–Trinajstić information content (AvgIpc) is 2.90. The Bertz CT molecular complexity index is 1460. The van der Waals surface area contributed by atoms with E-state index in [-0.39, 0.29) is 41.6 Å². The number of hydrogen-bond donors (Lipinski definition) is 0. The van der Waals surface area contributed by atoms with Crippen molar-refractivity contribution >= 4 is 33.3 Å². The Morgan fingerprint density at radius 3 is 2.54 bits per heavy atom. The zero-order valence-corrected chi connectivity index (χ0v) is 21.9. The highest BCUT2D eigenvalue weighted by molar-refractivity contribution is 7.92. The van der Waals surface area contributed by atoms with Crippen molar-refractivity contribution in [1.29, 1.82) is 0 Å². The first kappa shape index (κ1) is 28.7. The Morgan fingerprint density at radius 1 is 1.10 bits per heavy atom. The third-order valence-corrected chi connectivity index (χ3v) is 8.13. The van der Waals surface area contributed by atoms with Crippen LogP contribution in [0, 0.1) is 5.82 Å². The van der Waals surface area contributed by atoms with Crippen molar-refractivity contribution in [2.45, 2.75) is 30.2 Å². The minimum Gasteiger partial charge on any atom is -0.489 e. The fourth-order valence-electron chi connectivity index (χ4n) is 4.00. The molecule has 208 valence electrons. The Labute approximate surface area is 226 Å².